The Kier molecular flexibility index (Phi) is 12.6. The zero-order chi connectivity index (χ0) is 18.4. The highest BCUT2D eigenvalue weighted by molar-refractivity contribution is 7.88. The first-order valence-electron chi connectivity index (χ1n) is 8.60. The van der Waals surface area contributed by atoms with Crippen molar-refractivity contribution in [1.82, 2.24) is 4.31 Å². The molecule has 140 valence electrons. The molecule has 24 heavy (non-hydrogen) atoms. The minimum Gasteiger partial charge on any atom is -0.481 e. The number of aliphatic carboxylic acids is 1. The van der Waals surface area contributed by atoms with E-state index in [1.54, 1.807) is 0 Å². The lowest BCUT2D eigenvalue weighted by Crippen LogP contribution is -2.31. The molecular formula is C17H31NO5S. The van der Waals surface area contributed by atoms with E-state index in [0.717, 1.165) is 38.4 Å². The molecule has 0 aliphatic carbocycles. The van der Waals surface area contributed by atoms with E-state index in [0.29, 0.717) is 25.8 Å². The highest BCUT2D eigenvalue weighted by Gasteiger charge is 2.14. The van der Waals surface area contributed by atoms with Crippen LogP contribution in [-0.4, -0.2) is 54.4 Å². The van der Waals surface area contributed by atoms with Gasteiger partial charge in [-0.2, -0.15) is 4.31 Å². The van der Waals surface area contributed by atoms with Gasteiger partial charge in [0, 0.05) is 13.0 Å². The maximum atomic E-state index is 11.7. The van der Waals surface area contributed by atoms with Crippen LogP contribution < -0.4 is 0 Å². The molecule has 0 saturated carbocycles. The molecule has 0 aliphatic heterocycles. The second-order valence-electron chi connectivity index (χ2n) is 5.99. The number of hydrogen-bond acceptors (Lipinski definition) is 4. The molecule has 0 unspecified atom stereocenters. The molecule has 0 rings (SSSR count). The lowest BCUT2D eigenvalue weighted by atomic mass is 10.1. The van der Waals surface area contributed by atoms with Gasteiger partial charge in [-0.05, 0) is 25.7 Å². The van der Waals surface area contributed by atoms with E-state index in [1.807, 2.05) is 0 Å². The summed E-state index contributed by atoms with van der Waals surface area (Å²) in [6.07, 6.45) is 7.10. The number of carboxylic acid groups (broad SMARTS) is 1. The first kappa shape index (κ1) is 22.9. The van der Waals surface area contributed by atoms with Crippen LogP contribution in [0.2, 0.25) is 0 Å². The molecule has 0 aliphatic rings. The van der Waals surface area contributed by atoms with Crippen LogP contribution in [0.15, 0.2) is 0 Å². The smallest absolute Gasteiger partial charge is 0.303 e. The number of aliphatic hydroxyl groups excluding tert-OH is 1. The molecule has 0 saturated heterocycles. The van der Waals surface area contributed by atoms with Crippen molar-refractivity contribution in [2.75, 3.05) is 19.3 Å². The Morgan fingerprint density at radius 2 is 1.79 bits per heavy atom. The molecule has 6 nitrogen and oxygen atoms in total. The number of sulfonamides is 1. The molecular weight excluding hydrogens is 330 g/mol. The topological polar surface area (TPSA) is 94.9 Å². The third-order valence-corrected chi connectivity index (χ3v) is 4.87. The van der Waals surface area contributed by atoms with Crippen molar-refractivity contribution >= 4 is 16.0 Å². The summed E-state index contributed by atoms with van der Waals surface area (Å²) >= 11 is 0. The Morgan fingerprint density at radius 1 is 1.12 bits per heavy atom. The van der Waals surface area contributed by atoms with Crippen LogP contribution in [0.4, 0.5) is 0 Å². The fourth-order valence-corrected chi connectivity index (χ4v) is 2.95. The average Bonchev–Trinajstić information content (AvgIpc) is 2.47. The maximum absolute atomic E-state index is 11.7. The Balaban J connectivity index is 4.18. The number of carboxylic acids is 1. The van der Waals surface area contributed by atoms with Gasteiger partial charge in [-0.25, -0.2) is 8.42 Å². The molecule has 0 amide bonds. The predicted octanol–water partition coefficient (Wildman–Crippen LogP) is 2.23. The third-order valence-electron chi connectivity index (χ3n) is 3.62. The van der Waals surface area contributed by atoms with Crippen molar-refractivity contribution in [3.05, 3.63) is 0 Å². The Morgan fingerprint density at radius 3 is 2.38 bits per heavy atom. The first-order valence-corrected chi connectivity index (χ1v) is 10.5. The Labute approximate surface area is 146 Å². The van der Waals surface area contributed by atoms with Crippen molar-refractivity contribution in [2.45, 2.75) is 70.8 Å². The first-order chi connectivity index (χ1) is 11.3. The molecule has 0 heterocycles. The standard InChI is InChI=1S/C17H31NO5S/c1-3-4-7-11-16(19)12-10-15-18(24(2,22)23)14-9-6-5-8-13-17(20)21/h16,19H,3-9,11,13-15H2,1-2H3,(H,20,21)/t16-/m1/s1. The van der Waals surface area contributed by atoms with E-state index in [-0.39, 0.29) is 13.0 Å². The van der Waals surface area contributed by atoms with E-state index in [4.69, 9.17) is 5.11 Å². The van der Waals surface area contributed by atoms with Crippen LogP contribution in [0.1, 0.15) is 64.7 Å². The predicted molar refractivity (Wildman–Crippen MR) is 95.1 cm³/mol. The fourth-order valence-electron chi connectivity index (χ4n) is 2.19. The average molecular weight is 362 g/mol. The normalized spacial score (nSPS) is 12.7. The summed E-state index contributed by atoms with van der Waals surface area (Å²) < 4.78 is 24.8. The number of nitrogens with zero attached hydrogens (tertiary/aromatic N) is 1. The van der Waals surface area contributed by atoms with Crippen LogP contribution in [0, 0.1) is 11.8 Å². The van der Waals surface area contributed by atoms with Gasteiger partial charge in [-0.1, -0.05) is 44.4 Å². The summed E-state index contributed by atoms with van der Waals surface area (Å²) in [5.74, 6) is 4.65. The molecule has 0 aromatic rings. The van der Waals surface area contributed by atoms with Gasteiger partial charge in [0.1, 0.15) is 6.10 Å². The van der Waals surface area contributed by atoms with Gasteiger partial charge in [0.25, 0.3) is 0 Å². The zero-order valence-corrected chi connectivity index (χ0v) is 15.6. The Hall–Kier alpha value is -1.10. The minimum atomic E-state index is -3.33. The maximum Gasteiger partial charge on any atom is 0.303 e. The summed E-state index contributed by atoms with van der Waals surface area (Å²) in [6, 6.07) is 0. The summed E-state index contributed by atoms with van der Waals surface area (Å²) in [7, 11) is -3.33. The number of hydrogen-bond donors (Lipinski definition) is 2. The van der Waals surface area contributed by atoms with Crippen molar-refractivity contribution in [3.63, 3.8) is 0 Å². The number of unbranched alkanes of at least 4 members (excludes halogenated alkanes) is 5. The highest BCUT2D eigenvalue weighted by Crippen LogP contribution is 2.07. The lowest BCUT2D eigenvalue weighted by Gasteiger charge is -2.17. The molecule has 7 heteroatoms. The molecule has 0 aromatic heterocycles. The SMILES string of the molecule is CCCCC[C@@H](O)C#CCN(CCCCCCC(=O)O)S(C)(=O)=O. The van der Waals surface area contributed by atoms with Crippen molar-refractivity contribution < 1.29 is 23.4 Å². The van der Waals surface area contributed by atoms with Gasteiger partial charge in [-0.15, -0.1) is 0 Å². The van der Waals surface area contributed by atoms with Crippen LogP contribution >= 0.6 is 0 Å². The summed E-state index contributed by atoms with van der Waals surface area (Å²) in [5, 5.41) is 18.3. The summed E-state index contributed by atoms with van der Waals surface area (Å²) in [6.45, 7) is 2.54. The van der Waals surface area contributed by atoms with Gasteiger partial charge in [0.15, 0.2) is 0 Å². The molecule has 0 aromatic carbocycles. The van der Waals surface area contributed by atoms with E-state index in [1.165, 1.54) is 4.31 Å². The quantitative estimate of drug-likeness (QED) is 0.387. The molecule has 0 radical (unpaired) electrons. The lowest BCUT2D eigenvalue weighted by molar-refractivity contribution is -0.137. The van der Waals surface area contributed by atoms with Crippen LogP contribution in [-0.2, 0) is 14.8 Å². The molecule has 1 atom stereocenters. The van der Waals surface area contributed by atoms with Crippen molar-refractivity contribution in [1.29, 1.82) is 0 Å². The van der Waals surface area contributed by atoms with Gasteiger partial charge in [0.05, 0.1) is 12.8 Å². The van der Waals surface area contributed by atoms with Crippen molar-refractivity contribution in [3.8, 4) is 11.8 Å². The molecule has 0 spiro atoms. The number of carbonyl (C=O) groups is 1. The minimum absolute atomic E-state index is 0.0821. The van der Waals surface area contributed by atoms with Gasteiger partial charge in [-0.3, -0.25) is 4.79 Å². The largest absolute Gasteiger partial charge is 0.481 e. The van der Waals surface area contributed by atoms with Gasteiger partial charge >= 0.3 is 5.97 Å². The van der Waals surface area contributed by atoms with E-state index < -0.39 is 22.1 Å². The fraction of sp³-hybridized carbons (Fsp3) is 0.824. The zero-order valence-electron chi connectivity index (χ0n) is 14.8. The van der Waals surface area contributed by atoms with Gasteiger partial charge < -0.3 is 10.2 Å². The second-order valence-corrected chi connectivity index (χ2v) is 7.97. The molecule has 0 bridgehead atoms. The van der Waals surface area contributed by atoms with Gasteiger partial charge in [0.2, 0.25) is 10.0 Å². The van der Waals surface area contributed by atoms with Crippen LogP contribution in [0.5, 0.6) is 0 Å². The van der Waals surface area contributed by atoms with Crippen LogP contribution in [0.3, 0.4) is 0 Å². The molecule has 0 fully saturated rings. The Bertz CT molecular complexity index is 507. The van der Waals surface area contributed by atoms with E-state index >= 15 is 0 Å². The van der Waals surface area contributed by atoms with E-state index in [2.05, 4.69) is 18.8 Å². The molecule has 2 N–H and O–H groups in total. The summed E-state index contributed by atoms with van der Waals surface area (Å²) in [5.41, 5.74) is 0. The van der Waals surface area contributed by atoms with Crippen LogP contribution in [0.25, 0.3) is 0 Å². The van der Waals surface area contributed by atoms with E-state index in [9.17, 15) is 18.3 Å². The second kappa shape index (κ2) is 13.2. The summed E-state index contributed by atoms with van der Waals surface area (Å²) in [4.78, 5) is 10.4. The third kappa shape index (κ3) is 13.3. The number of rotatable bonds is 13. The monoisotopic (exact) mass is 361 g/mol. The highest BCUT2D eigenvalue weighted by atomic mass is 32.2. The van der Waals surface area contributed by atoms with Crippen molar-refractivity contribution in [2.24, 2.45) is 0 Å². The number of aliphatic hydroxyl groups is 1.